The number of methoxy groups -OCH3 is 2. The fourth-order valence-corrected chi connectivity index (χ4v) is 3.13. The number of rotatable bonds is 7. The van der Waals surface area contributed by atoms with Gasteiger partial charge in [0.1, 0.15) is 0 Å². The first-order chi connectivity index (χ1) is 13.5. The maximum atomic E-state index is 12.5. The predicted molar refractivity (Wildman–Crippen MR) is 109 cm³/mol. The Morgan fingerprint density at radius 3 is 2.50 bits per heavy atom. The van der Waals surface area contributed by atoms with Crippen molar-refractivity contribution in [3.05, 3.63) is 71.0 Å². The van der Waals surface area contributed by atoms with Crippen molar-refractivity contribution < 1.29 is 14.3 Å². The van der Waals surface area contributed by atoms with Crippen LogP contribution < -0.4 is 14.8 Å². The summed E-state index contributed by atoms with van der Waals surface area (Å²) in [6.45, 7) is 4.47. The number of amides is 1. The third-order valence-electron chi connectivity index (χ3n) is 4.51. The van der Waals surface area contributed by atoms with E-state index in [1.54, 1.807) is 20.3 Å². The minimum atomic E-state index is -0.108. The molecule has 1 aromatic heterocycles. The molecule has 0 radical (unpaired) electrons. The van der Waals surface area contributed by atoms with E-state index in [1.807, 2.05) is 61.0 Å². The molecule has 0 bridgehead atoms. The molecule has 0 aliphatic heterocycles. The number of hydrogen-bond donors (Lipinski definition) is 1. The van der Waals surface area contributed by atoms with Crippen LogP contribution in [0.5, 0.6) is 11.5 Å². The molecule has 0 unspecified atom stereocenters. The van der Waals surface area contributed by atoms with Crippen LogP contribution in [0.3, 0.4) is 0 Å². The van der Waals surface area contributed by atoms with Gasteiger partial charge in [-0.2, -0.15) is 5.10 Å². The predicted octanol–water partition coefficient (Wildman–Crippen LogP) is 3.48. The number of nitrogens with zero attached hydrogens (tertiary/aromatic N) is 2. The highest BCUT2D eigenvalue weighted by Crippen LogP contribution is 2.27. The van der Waals surface area contributed by atoms with Gasteiger partial charge in [0.25, 0.3) is 5.91 Å². The molecular weight excluding hydrogens is 354 g/mol. The van der Waals surface area contributed by atoms with Crippen LogP contribution in [0.4, 0.5) is 0 Å². The van der Waals surface area contributed by atoms with Gasteiger partial charge >= 0.3 is 0 Å². The van der Waals surface area contributed by atoms with Crippen LogP contribution in [0.25, 0.3) is 5.69 Å². The van der Waals surface area contributed by atoms with Crippen molar-refractivity contribution in [2.24, 2.45) is 0 Å². The lowest BCUT2D eigenvalue weighted by Gasteiger charge is -2.11. The SMILES string of the molecule is COc1ccc(CCNC(=O)c2cccc(-n3nc(C)cc3C)c2)cc1OC. The number of ether oxygens (including phenoxy) is 2. The third kappa shape index (κ3) is 4.34. The van der Waals surface area contributed by atoms with Gasteiger partial charge in [0.05, 0.1) is 25.6 Å². The van der Waals surface area contributed by atoms with Gasteiger partial charge < -0.3 is 14.8 Å². The average molecular weight is 379 g/mol. The second-order valence-corrected chi connectivity index (χ2v) is 6.58. The number of nitrogens with one attached hydrogen (secondary N) is 1. The second kappa shape index (κ2) is 8.61. The van der Waals surface area contributed by atoms with Crippen LogP contribution in [0, 0.1) is 13.8 Å². The minimum Gasteiger partial charge on any atom is -0.493 e. The molecule has 2 aromatic carbocycles. The van der Waals surface area contributed by atoms with Crippen molar-refractivity contribution in [2.45, 2.75) is 20.3 Å². The number of aryl methyl sites for hydroxylation is 2. The lowest BCUT2D eigenvalue weighted by molar-refractivity contribution is 0.0954. The van der Waals surface area contributed by atoms with Gasteiger partial charge in [0.2, 0.25) is 0 Å². The highest BCUT2D eigenvalue weighted by Gasteiger charge is 2.10. The lowest BCUT2D eigenvalue weighted by Crippen LogP contribution is -2.25. The molecule has 6 nitrogen and oxygen atoms in total. The summed E-state index contributed by atoms with van der Waals surface area (Å²) in [6.07, 6.45) is 0.698. The first-order valence-corrected chi connectivity index (χ1v) is 9.14. The maximum absolute atomic E-state index is 12.5. The van der Waals surface area contributed by atoms with Gasteiger partial charge in [-0.15, -0.1) is 0 Å². The molecule has 0 fully saturated rings. The summed E-state index contributed by atoms with van der Waals surface area (Å²) in [5.74, 6) is 1.27. The van der Waals surface area contributed by atoms with E-state index in [-0.39, 0.29) is 5.91 Å². The normalized spacial score (nSPS) is 10.6. The van der Waals surface area contributed by atoms with Gasteiger partial charge in [-0.3, -0.25) is 4.79 Å². The molecule has 0 saturated carbocycles. The molecule has 0 saturated heterocycles. The van der Waals surface area contributed by atoms with Crippen LogP contribution in [0.15, 0.2) is 48.5 Å². The van der Waals surface area contributed by atoms with Gasteiger partial charge in [0, 0.05) is 17.8 Å². The Morgan fingerprint density at radius 2 is 1.82 bits per heavy atom. The van der Waals surface area contributed by atoms with E-state index in [0.717, 1.165) is 22.6 Å². The van der Waals surface area contributed by atoms with E-state index in [2.05, 4.69) is 10.4 Å². The van der Waals surface area contributed by atoms with E-state index < -0.39 is 0 Å². The van der Waals surface area contributed by atoms with E-state index in [4.69, 9.17) is 9.47 Å². The van der Waals surface area contributed by atoms with Crippen LogP contribution in [-0.4, -0.2) is 36.5 Å². The Bertz CT molecular complexity index is 979. The zero-order valence-corrected chi connectivity index (χ0v) is 16.7. The Labute approximate surface area is 165 Å². The zero-order chi connectivity index (χ0) is 20.1. The molecule has 1 amide bonds. The quantitative estimate of drug-likeness (QED) is 0.683. The highest BCUT2D eigenvalue weighted by molar-refractivity contribution is 5.94. The fraction of sp³-hybridized carbons (Fsp3) is 0.273. The van der Waals surface area contributed by atoms with Crippen molar-refractivity contribution in [3.63, 3.8) is 0 Å². The van der Waals surface area contributed by atoms with Gasteiger partial charge in [-0.1, -0.05) is 12.1 Å². The first-order valence-electron chi connectivity index (χ1n) is 9.14. The van der Waals surface area contributed by atoms with E-state index in [9.17, 15) is 4.79 Å². The fourth-order valence-electron chi connectivity index (χ4n) is 3.13. The third-order valence-corrected chi connectivity index (χ3v) is 4.51. The summed E-state index contributed by atoms with van der Waals surface area (Å²) in [6, 6.07) is 15.2. The number of benzene rings is 2. The molecule has 28 heavy (non-hydrogen) atoms. The largest absolute Gasteiger partial charge is 0.493 e. The zero-order valence-electron chi connectivity index (χ0n) is 16.7. The Kier molecular flexibility index (Phi) is 5.99. The molecular formula is C22H25N3O3. The maximum Gasteiger partial charge on any atom is 0.251 e. The van der Waals surface area contributed by atoms with Crippen molar-refractivity contribution in [2.75, 3.05) is 20.8 Å². The summed E-state index contributed by atoms with van der Waals surface area (Å²) in [7, 11) is 3.22. The summed E-state index contributed by atoms with van der Waals surface area (Å²) in [5, 5.41) is 7.45. The summed E-state index contributed by atoms with van der Waals surface area (Å²) in [4.78, 5) is 12.5. The number of hydrogen-bond acceptors (Lipinski definition) is 4. The van der Waals surface area contributed by atoms with Crippen molar-refractivity contribution in [3.8, 4) is 17.2 Å². The van der Waals surface area contributed by atoms with Crippen LogP contribution in [-0.2, 0) is 6.42 Å². The Morgan fingerprint density at radius 1 is 1.04 bits per heavy atom. The molecule has 146 valence electrons. The van der Waals surface area contributed by atoms with Crippen molar-refractivity contribution in [1.82, 2.24) is 15.1 Å². The number of aromatic nitrogens is 2. The minimum absolute atomic E-state index is 0.108. The summed E-state index contributed by atoms with van der Waals surface area (Å²) >= 11 is 0. The molecule has 3 aromatic rings. The van der Waals surface area contributed by atoms with Gasteiger partial charge in [-0.05, 0) is 62.2 Å². The van der Waals surface area contributed by atoms with Gasteiger partial charge in [0.15, 0.2) is 11.5 Å². The standard InChI is InChI=1S/C22H25N3O3/c1-15-12-16(2)25(24-15)19-7-5-6-18(14-19)22(26)23-11-10-17-8-9-20(27-3)21(13-17)28-4/h5-9,12-14H,10-11H2,1-4H3,(H,23,26). The second-order valence-electron chi connectivity index (χ2n) is 6.58. The van der Waals surface area contributed by atoms with Crippen LogP contribution in [0.2, 0.25) is 0 Å². The molecule has 1 N–H and O–H groups in total. The van der Waals surface area contributed by atoms with Crippen molar-refractivity contribution >= 4 is 5.91 Å². The van der Waals surface area contributed by atoms with E-state index in [0.29, 0.717) is 30.0 Å². The lowest BCUT2D eigenvalue weighted by atomic mass is 10.1. The summed E-state index contributed by atoms with van der Waals surface area (Å²) < 4.78 is 12.4. The highest BCUT2D eigenvalue weighted by atomic mass is 16.5. The number of carbonyl (C=O) groups is 1. The molecule has 1 heterocycles. The van der Waals surface area contributed by atoms with Crippen LogP contribution >= 0.6 is 0 Å². The summed E-state index contributed by atoms with van der Waals surface area (Å²) in [5.41, 5.74) is 4.52. The number of carbonyl (C=O) groups excluding carboxylic acids is 1. The first kappa shape index (κ1) is 19.5. The monoisotopic (exact) mass is 379 g/mol. The van der Waals surface area contributed by atoms with Gasteiger partial charge in [-0.25, -0.2) is 4.68 Å². The topological polar surface area (TPSA) is 65.4 Å². The molecule has 0 aliphatic rings. The average Bonchev–Trinajstić information content (AvgIpc) is 3.05. The Balaban J connectivity index is 1.64. The molecule has 0 aliphatic carbocycles. The molecule has 6 heteroatoms. The molecule has 0 atom stereocenters. The van der Waals surface area contributed by atoms with E-state index in [1.165, 1.54) is 0 Å². The van der Waals surface area contributed by atoms with E-state index >= 15 is 0 Å². The molecule has 0 spiro atoms. The smallest absolute Gasteiger partial charge is 0.251 e. The van der Waals surface area contributed by atoms with Crippen molar-refractivity contribution in [1.29, 1.82) is 0 Å². The molecule has 3 rings (SSSR count). The Hall–Kier alpha value is -3.28. The van der Waals surface area contributed by atoms with Crippen LogP contribution in [0.1, 0.15) is 27.3 Å².